The molecule has 0 aliphatic rings. The van der Waals surface area contributed by atoms with Gasteiger partial charge in [0.05, 0.1) is 4.90 Å². The molecule has 1 rings (SSSR count). The van der Waals surface area contributed by atoms with Crippen LogP contribution in [-0.2, 0) is 24.3 Å². The molecular formula is C19H28N2O5S. The van der Waals surface area contributed by atoms with Gasteiger partial charge in [-0.2, -0.15) is 4.31 Å². The standard InChI is InChI=1S/C19H28N2O5S/c1-6-21(7-2)27(24,25)17-11-8-16(9-12-17)10-13-18(22)26-15(5)19(23)20-14(3)4/h8-15H,6-7H2,1-5H3,(H,20,23)/b13-10+. The van der Waals surface area contributed by atoms with Gasteiger partial charge in [0.25, 0.3) is 5.91 Å². The third-order valence-corrected chi connectivity index (χ3v) is 5.79. The molecule has 0 fully saturated rings. The molecule has 0 saturated carbocycles. The van der Waals surface area contributed by atoms with Crippen molar-refractivity contribution in [2.24, 2.45) is 0 Å². The molecule has 0 spiro atoms. The number of nitrogens with zero attached hydrogens (tertiary/aromatic N) is 1. The molecule has 0 bridgehead atoms. The summed E-state index contributed by atoms with van der Waals surface area (Å²) in [5, 5.41) is 2.66. The zero-order chi connectivity index (χ0) is 20.6. The molecule has 1 N–H and O–H groups in total. The van der Waals surface area contributed by atoms with E-state index >= 15 is 0 Å². The quantitative estimate of drug-likeness (QED) is 0.510. The summed E-state index contributed by atoms with van der Waals surface area (Å²) in [4.78, 5) is 23.7. The van der Waals surface area contributed by atoms with Gasteiger partial charge in [0.2, 0.25) is 10.0 Å². The number of rotatable bonds is 9. The van der Waals surface area contributed by atoms with E-state index in [0.717, 1.165) is 0 Å². The molecule has 1 atom stereocenters. The second-order valence-electron chi connectivity index (χ2n) is 6.23. The molecule has 0 radical (unpaired) electrons. The summed E-state index contributed by atoms with van der Waals surface area (Å²) >= 11 is 0. The lowest BCUT2D eigenvalue weighted by molar-refractivity contribution is -0.150. The van der Waals surface area contributed by atoms with Crippen LogP contribution >= 0.6 is 0 Å². The summed E-state index contributed by atoms with van der Waals surface area (Å²) in [6.45, 7) is 9.49. The van der Waals surface area contributed by atoms with E-state index in [4.69, 9.17) is 4.74 Å². The highest BCUT2D eigenvalue weighted by molar-refractivity contribution is 7.89. The van der Waals surface area contributed by atoms with Crippen LogP contribution in [0.3, 0.4) is 0 Å². The van der Waals surface area contributed by atoms with Gasteiger partial charge in [-0.15, -0.1) is 0 Å². The Bertz CT molecular complexity index is 766. The number of sulfonamides is 1. The van der Waals surface area contributed by atoms with Gasteiger partial charge < -0.3 is 10.1 Å². The normalized spacial score (nSPS) is 13.1. The molecular weight excluding hydrogens is 368 g/mol. The summed E-state index contributed by atoms with van der Waals surface area (Å²) in [6, 6.07) is 6.17. The van der Waals surface area contributed by atoms with Crippen LogP contribution in [0, 0.1) is 0 Å². The maximum atomic E-state index is 12.4. The maximum absolute atomic E-state index is 12.4. The van der Waals surface area contributed by atoms with E-state index in [2.05, 4.69) is 5.32 Å². The molecule has 0 saturated heterocycles. The Morgan fingerprint density at radius 2 is 1.67 bits per heavy atom. The second kappa shape index (κ2) is 10.2. The van der Waals surface area contributed by atoms with Gasteiger partial charge in [-0.25, -0.2) is 13.2 Å². The summed E-state index contributed by atoms with van der Waals surface area (Å²) in [5.74, 6) is -1.01. The molecule has 0 aliphatic heterocycles. The number of esters is 1. The van der Waals surface area contributed by atoms with E-state index in [1.807, 2.05) is 13.8 Å². The number of amides is 1. The van der Waals surface area contributed by atoms with Gasteiger partial charge in [-0.1, -0.05) is 26.0 Å². The van der Waals surface area contributed by atoms with Crippen molar-refractivity contribution < 1.29 is 22.7 Å². The zero-order valence-corrected chi connectivity index (χ0v) is 17.2. The Balaban J connectivity index is 2.75. The van der Waals surface area contributed by atoms with Crippen molar-refractivity contribution in [2.45, 2.75) is 51.7 Å². The number of carbonyl (C=O) groups is 2. The lowest BCUT2D eigenvalue weighted by Gasteiger charge is -2.18. The van der Waals surface area contributed by atoms with E-state index in [9.17, 15) is 18.0 Å². The third-order valence-electron chi connectivity index (χ3n) is 3.73. The molecule has 0 heterocycles. The van der Waals surface area contributed by atoms with Crippen molar-refractivity contribution in [3.05, 3.63) is 35.9 Å². The molecule has 27 heavy (non-hydrogen) atoms. The van der Waals surface area contributed by atoms with E-state index < -0.39 is 22.1 Å². The van der Waals surface area contributed by atoms with E-state index in [-0.39, 0.29) is 16.8 Å². The average molecular weight is 397 g/mol. The van der Waals surface area contributed by atoms with Gasteiger partial charge in [-0.05, 0) is 44.5 Å². The fourth-order valence-electron chi connectivity index (χ4n) is 2.30. The van der Waals surface area contributed by atoms with Crippen LogP contribution < -0.4 is 5.32 Å². The first-order chi connectivity index (χ1) is 12.6. The molecule has 150 valence electrons. The van der Waals surface area contributed by atoms with Crippen LogP contribution in [0.2, 0.25) is 0 Å². The molecule has 7 nitrogen and oxygen atoms in total. The number of benzene rings is 1. The summed E-state index contributed by atoms with van der Waals surface area (Å²) in [7, 11) is -3.51. The highest BCUT2D eigenvalue weighted by Crippen LogP contribution is 2.16. The second-order valence-corrected chi connectivity index (χ2v) is 8.17. The maximum Gasteiger partial charge on any atom is 0.331 e. The number of carbonyl (C=O) groups excluding carboxylic acids is 2. The molecule has 1 unspecified atom stereocenters. The van der Waals surface area contributed by atoms with Gasteiger partial charge in [0.1, 0.15) is 0 Å². The lowest BCUT2D eigenvalue weighted by Crippen LogP contribution is -2.39. The molecule has 1 aromatic rings. The largest absolute Gasteiger partial charge is 0.449 e. The number of hydrogen-bond acceptors (Lipinski definition) is 5. The summed E-state index contributed by atoms with van der Waals surface area (Å²) in [6.07, 6.45) is 1.81. The minimum Gasteiger partial charge on any atom is -0.449 e. The Morgan fingerprint density at radius 1 is 1.11 bits per heavy atom. The van der Waals surface area contributed by atoms with E-state index in [1.54, 1.807) is 26.0 Å². The Hall–Kier alpha value is -2.19. The van der Waals surface area contributed by atoms with E-state index in [1.165, 1.54) is 35.5 Å². The Labute approximate surface area is 161 Å². The van der Waals surface area contributed by atoms with Crippen molar-refractivity contribution in [2.75, 3.05) is 13.1 Å². The van der Waals surface area contributed by atoms with Gasteiger partial charge in [0, 0.05) is 25.2 Å². The predicted octanol–water partition coefficient (Wildman–Crippen LogP) is 2.19. The first-order valence-electron chi connectivity index (χ1n) is 8.91. The van der Waals surface area contributed by atoms with Gasteiger partial charge >= 0.3 is 5.97 Å². The van der Waals surface area contributed by atoms with Crippen LogP contribution in [-0.4, -0.2) is 49.8 Å². The molecule has 1 amide bonds. The lowest BCUT2D eigenvalue weighted by atomic mass is 10.2. The molecule has 1 aromatic carbocycles. The van der Waals surface area contributed by atoms with Crippen molar-refractivity contribution in [1.29, 1.82) is 0 Å². The van der Waals surface area contributed by atoms with E-state index in [0.29, 0.717) is 18.7 Å². The summed E-state index contributed by atoms with van der Waals surface area (Å²) < 4.78 is 31.3. The SMILES string of the molecule is CCN(CC)S(=O)(=O)c1ccc(/C=C/C(=O)OC(C)C(=O)NC(C)C)cc1. The number of ether oxygens (including phenoxy) is 1. The van der Waals surface area contributed by atoms with Crippen molar-refractivity contribution >= 4 is 28.0 Å². The average Bonchev–Trinajstić information content (AvgIpc) is 2.60. The minimum atomic E-state index is -3.51. The molecule has 0 aromatic heterocycles. The smallest absolute Gasteiger partial charge is 0.331 e. The Morgan fingerprint density at radius 3 is 2.15 bits per heavy atom. The van der Waals surface area contributed by atoms with Crippen LogP contribution in [0.5, 0.6) is 0 Å². The van der Waals surface area contributed by atoms with Crippen molar-refractivity contribution in [3.8, 4) is 0 Å². The molecule has 0 aliphatic carbocycles. The van der Waals surface area contributed by atoms with Gasteiger partial charge in [-0.3, -0.25) is 4.79 Å². The molecule has 8 heteroatoms. The van der Waals surface area contributed by atoms with Crippen LogP contribution in [0.15, 0.2) is 35.2 Å². The first kappa shape index (κ1) is 22.9. The van der Waals surface area contributed by atoms with Crippen LogP contribution in [0.4, 0.5) is 0 Å². The van der Waals surface area contributed by atoms with Gasteiger partial charge in [0.15, 0.2) is 6.10 Å². The number of nitrogens with one attached hydrogen (secondary N) is 1. The fraction of sp³-hybridized carbons (Fsp3) is 0.474. The summed E-state index contributed by atoms with van der Waals surface area (Å²) in [5.41, 5.74) is 0.643. The van der Waals surface area contributed by atoms with Crippen LogP contribution in [0.25, 0.3) is 6.08 Å². The highest BCUT2D eigenvalue weighted by atomic mass is 32.2. The highest BCUT2D eigenvalue weighted by Gasteiger charge is 2.21. The minimum absolute atomic E-state index is 0.0414. The van der Waals surface area contributed by atoms with Crippen molar-refractivity contribution in [1.82, 2.24) is 9.62 Å². The third kappa shape index (κ3) is 6.80. The predicted molar refractivity (Wildman–Crippen MR) is 104 cm³/mol. The topological polar surface area (TPSA) is 92.8 Å². The number of hydrogen-bond donors (Lipinski definition) is 1. The monoisotopic (exact) mass is 396 g/mol. The fourth-order valence-corrected chi connectivity index (χ4v) is 3.75. The Kier molecular flexibility index (Phi) is 8.65. The first-order valence-corrected chi connectivity index (χ1v) is 10.3. The van der Waals surface area contributed by atoms with Crippen LogP contribution in [0.1, 0.15) is 40.2 Å². The zero-order valence-electron chi connectivity index (χ0n) is 16.4. The van der Waals surface area contributed by atoms with Crippen molar-refractivity contribution in [3.63, 3.8) is 0 Å².